The number of hydrogen-bond donors (Lipinski definition) is 1. The van der Waals surface area contributed by atoms with Gasteiger partial charge < -0.3 is 10.6 Å². The van der Waals surface area contributed by atoms with Crippen LogP contribution >= 0.6 is 15.9 Å². The lowest BCUT2D eigenvalue weighted by Crippen LogP contribution is -2.22. The quantitative estimate of drug-likeness (QED) is 0.266. The smallest absolute Gasteiger partial charge is 0.359 e. The Morgan fingerprint density at radius 2 is 2.00 bits per heavy atom. The number of nitrogens with two attached hydrogens (primary N) is 1. The van der Waals surface area contributed by atoms with Crippen molar-refractivity contribution in [2.45, 2.75) is 26.8 Å². The van der Waals surface area contributed by atoms with E-state index in [1.165, 1.54) is 28.9 Å². The maximum atomic E-state index is 12.1. The SMILES string of the molecule is Cc1nn(C(C)C(=O)O/N=C(\N)c2ccc([N+](=O)[O-])cc2)c(C)c1Br. The van der Waals surface area contributed by atoms with Gasteiger partial charge in [0.2, 0.25) is 0 Å². The minimum Gasteiger partial charge on any atom is -0.380 e. The van der Waals surface area contributed by atoms with Crippen LogP contribution in [0.4, 0.5) is 5.69 Å². The molecule has 1 aromatic heterocycles. The van der Waals surface area contributed by atoms with Crippen LogP contribution in [0.1, 0.15) is 29.9 Å². The number of nitrogens with zero attached hydrogens (tertiary/aromatic N) is 4. The number of nitro benzene ring substituents is 1. The first-order chi connectivity index (χ1) is 11.7. The van der Waals surface area contributed by atoms with Crippen molar-refractivity contribution in [1.82, 2.24) is 9.78 Å². The largest absolute Gasteiger partial charge is 0.380 e. The maximum Gasteiger partial charge on any atom is 0.359 e. The van der Waals surface area contributed by atoms with Crippen LogP contribution in [0.2, 0.25) is 0 Å². The number of carbonyl (C=O) groups is 1. The molecule has 1 heterocycles. The van der Waals surface area contributed by atoms with Crippen LogP contribution in [0, 0.1) is 24.0 Å². The van der Waals surface area contributed by atoms with Gasteiger partial charge in [-0.05, 0) is 48.8 Å². The number of non-ortho nitro benzene ring substituents is 1. The van der Waals surface area contributed by atoms with Gasteiger partial charge >= 0.3 is 5.97 Å². The summed E-state index contributed by atoms with van der Waals surface area (Å²) in [5.74, 6) is -0.701. The summed E-state index contributed by atoms with van der Waals surface area (Å²) in [6, 6.07) is 4.72. The van der Waals surface area contributed by atoms with Crippen LogP contribution in [0.3, 0.4) is 0 Å². The molecule has 0 radical (unpaired) electrons. The molecule has 25 heavy (non-hydrogen) atoms. The highest BCUT2D eigenvalue weighted by molar-refractivity contribution is 9.10. The van der Waals surface area contributed by atoms with Gasteiger partial charge in [0.1, 0.15) is 6.04 Å². The summed E-state index contributed by atoms with van der Waals surface area (Å²) >= 11 is 3.40. The van der Waals surface area contributed by atoms with E-state index < -0.39 is 16.9 Å². The topological polar surface area (TPSA) is 126 Å². The van der Waals surface area contributed by atoms with E-state index in [1.54, 1.807) is 6.92 Å². The molecular formula is C15H16BrN5O4. The average molecular weight is 410 g/mol. The number of carbonyl (C=O) groups excluding carboxylic acids is 1. The van der Waals surface area contributed by atoms with Crippen molar-refractivity contribution >= 4 is 33.4 Å². The summed E-state index contributed by atoms with van der Waals surface area (Å²) in [4.78, 5) is 27.1. The molecule has 2 aromatic rings. The minimum absolute atomic E-state index is 0.0648. The van der Waals surface area contributed by atoms with E-state index in [-0.39, 0.29) is 11.5 Å². The fourth-order valence-corrected chi connectivity index (χ4v) is 2.36. The van der Waals surface area contributed by atoms with Gasteiger partial charge in [-0.1, -0.05) is 5.16 Å². The van der Waals surface area contributed by atoms with Crippen LogP contribution in [-0.2, 0) is 9.63 Å². The summed E-state index contributed by atoms with van der Waals surface area (Å²) < 4.78 is 2.35. The van der Waals surface area contributed by atoms with Gasteiger partial charge in [0.25, 0.3) is 5.69 Å². The zero-order valence-corrected chi connectivity index (χ0v) is 15.3. The molecule has 2 N–H and O–H groups in total. The molecule has 0 saturated carbocycles. The van der Waals surface area contributed by atoms with Crippen molar-refractivity contribution < 1.29 is 14.6 Å². The van der Waals surface area contributed by atoms with Gasteiger partial charge in [-0.25, -0.2) is 4.79 Å². The molecule has 2 rings (SSSR count). The molecule has 9 nitrogen and oxygen atoms in total. The molecule has 1 aromatic carbocycles. The van der Waals surface area contributed by atoms with Crippen LogP contribution < -0.4 is 5.73 Å². The molecule has 0 amide bonds. The molecule has 0 aliphatic rings. The van der Waals surface area contributed by atoms with Crippen LogP contribution in [-0.4, -0.2) is 26.5 Å². The van der Waals surface area contributed by atoms with Crippen molar-refractivity contribution in [2.24, 2.45) is 10.9 Å². The number of benzene rings is 1. The first kappa shape index (κ1) is 18.6. The standard InChI is InChI=1S/C15H16BrN5O4/c1-8-13(16)9(2)20(18-8)10(3)15(22)25-19-14(17)11-4-6-12(7-5-11)21(23)24/h4-7,10H,1-3H3,(H2,17,19). The number of amidine groups is 1. The fourth-order valence-electron chi connectivity index (χ4n) is 2.10. The monoisotopic (exact) mass is 409 g/mol. The summed E-state index contributed by atoms with van der Waals surface area (Å²) in [6.07, 6.45) is 0. The molecule has 1 unspecified atom stereocenters. The van der Waals surface area contributed by atoms with E-state index in [4.69, 9.17) is 10.6 Å². The average Bonchev–Trinajstić information content (AvgIpc) is 2.86. The predicted molar refractivity (Wildman–Crippen MR) is 94.0 cm³/mol. The van der Waals surface area contributed by atoms with Gasteiger partial charge in [0, 0.05) is 17.7 Å². The highest BCUT2D eigenvalue weighted by atomic mass is 79.9. The van der Waals surface area contributed by atoms with E-state index in [2.05, 4.69) is 26.2 Å². The van der Waals surface area contributed by atoms with Crippen molar-refractivity contribution in [3.05, 3.63) is 55.8 Å². The van der Waals surface area contributed by atoms with Crippen LogP contribution in [0.15, 0.2) is 33.9 Å². The third kappa shape index (κ3) is 4.02. The molecular weight excluding hydrogens is 394 g/mol. The summed E-state index contributed by atoms with van der Waals surface area (Å²) in [7, 11) is 0. The van der Waals surface area contributed by atoms with E-state index in [1.807, 2.05) is 13.8 Å². The Kier molecular flexibility index (Phi) is 5.52. The number of aromatic nitrogens is 2. The Morgan fingerprint density at radius 1 is 1.40 bits per heavy atom. The Hall–Kier alpha value is -2.75. The Balaban J connectivity index is 2.10. The van der Waals surface area contributed by atoms with Gasteiger partial charge in [-0.2, -0.15) is 5.10 Å². The first-order valence-corrected chi connectivity index (χ1v) is 8.02. The molecule has 132 valence electrons. The second-order valence-electron chi connectivity index (χ2n) is 5.30. The summed E-state index contributed by atoms with van der Waals surface area (Å²) in [5, 5.41) is 18.5. The minimum atomic E-state index is -0.696. The Morgan fingerprint density at radius 3 is 2.48 bits per heavy atom. The number of hydrogen-bond acceptors (Lipinski definition) is 6. The predicted octanol–water partition coefficient (Wildman–Crippen LogP) is 2.60. The molecule has 0 spiro atoms. The molecule has 0 saturated heterocycles. The zero-order chi connectivity index (χ0) is 18.7. The Labute approximate surface area is 151 Å². The lowest BCUT2D eigenvalue weighted by molar-refractivity contribution is -0.384. The van der Waals surface area contributed by atoms with E-state index >= 15 is 0 Å². The molecule has 0 fully saturated rings. The molecule has 0 bridgehead atoms. The summed E-state index contributed by atoms with van der Waals surface area (Å²) in [6.45, 7) is 5.27. The van der Waals surface area contributed by atoms with E-state index in [0.29, 0.717) is 5.56 Å². The van der Waals surface area contributed by atoms with Crippen molar-refractivity contribution in [3.8, 4) is 0 Å². The fraction of sp³-hybridized carbons (Fsp3) is 0.267. The van der Waals surface area contributed by atoms with Gasteiger partial charge in [0.15, 0.2) is 5.84 Å². The number of rotatable bonds is 5. The number of nitro groups is 1. The van der Waals surface area contributed by atoms with Crippen molar-refractivity contribution in [2.75, 3.05) is 0 Å². The first-order valence-electron chi connectivity index (χ1n) is 7.22. The number of aryl methyl sites for hydroxylation is 1. The van der Waals surface area contributed by atoms with E-state index in [0.717, 1.165) is 15.9 Å². The molecule has 1 atom stereocenters. The molecule has 0 aliphatic heterocycles. The highest BCUT2D eigenvalue weighted by Crippen LogP contribution is 2.23. The molecule has 0 aliphatic carbocycles. The third-order valence-corrected chi connectivity index (χ3v) is 4.70. The normalized spacial score (nSPS) is 12.7. The van der Waals surface area contributed by atoms with Gasteiger partial charge in [0.05, 0.1) is 20.8 Å². The maximum absolute atomic E-state index is 12.1. The Bertz CT molecular complexity index is 844. The second-order valence-corrected chi connectivity index (χ2v) is 6.09. The highest BCUT2D eigenvalue weighted by Gasteiger charge is 2.22. The van der Waals surface area contributed by atoms with Gasteiger partial charge in [-0.3, -0.25) is 14.8 Å². The van der Waals surface area contributed by atoms with Gasteiger partial charge in [-0.15, -0.1) is 0 Å². The molecule has 10 heteroatoms. The third-order valence-electron chi connectivity index (χ3n) is 3.55. The van der Waals surface area contributed by atoms with Crippen molar-refractivity contribution in [3.63, 3.8) is 0 Å². The zero-order valence-electron chi connectivity index (χ0n) is 13.8. The lowest BCUT2D eigenvalue weighted by atomic mass is 10.2. The summed E-state index contributed by atoms with van der Waals surface area (Å²) in [5.41, 5.74) is 7.61. The number of oxime groups is 1. The van der Waals surface area contributed by atoms with Crippen LogP contribution in [0.25, 0.3) is 0 Å². The number of halogens is 1. The lowest BCUT2D eigenvalue weighted by Gasteiger charge is -2.11. The van der Waals surface area contributed by atoms with Crippen LogP contribution in [0.5, 0.6) is 0 Å². The second kappa shape index (κ2) is 7.43. The van der Waals surface area contributed by atoms with E-state index in [9.17, 15) is 14.9 Å². The van der Waals surface area contributed by atoms with Crippen molar-refractivity contribution in [1.29, 1.82) is 0 Å².